The molecule has 2 aliphatic rings. The molecule has 0 radical (unpaired) electrons. The van der Waals surface area contributed by atoms with Crippen molar-refractivity contribution in [3.05, 3.63) is 89.3 Å². The Labute approximate surface area is 240 Å². The first kappa shape index (κ1) is 29.2. The zero-order valence-electron chi connectivity index (χ0n) is 23.3. The molecule has 3 aromatic rings. The van der Waals surface area contributed by atoms with E-state index in [2.05, 4.69) is 26.2 Å². The molecule has 2 heterocycles. The number of alkyl halides is 3. The third kappa shape index (κ3) is 6.29. The Balaban J connectivity index is 1.49. The van der Waals surface area contributed by atoms with Crippen LogP contribution in [0.4, 0.5) is 13.2 Å². The van der Waals surface area contributed by atoms with Crippen LogP contribution in [0.3, 0.4) is 0 Å². The van der Waals surface area contributed by atoms with Crippen molar-refractivity contribution in [2.45, 2.75) is 31.7 Å². The molecule has 1 aromatic heterocycles. The number of carbonyl (C=O) groups excluding carboxylic acids is 1. The summed E-state index contributed by atoms with van der Waals surface area (Å²) in [6.45, 7) is 2.28. The molecule has 0 saturated carbocycles. The van der Waals surface area contributed by atoms with E-state index in [0.29, 0.717) is 34.0 Å². The number of pyridine rings is 1. The molecule has 2 aromatic carbocycles. The highest BCUT2D eigenvalue weighted by Crippen LogP contribution is 2.36. The van der Waals surface area contributed by atoms with Crippen LogP contribution >= 0.6 is 0 Å². The summed E-state index contributed by atoms with van der Waals surface area (Å²) in [7, 11) is 3.31. The van der Waals surface area contributed by atoms with E-state index in [0.717, 1.165) is 12.1 Å². The highest BCUT2D eigenvalue weighted by molar-refractivity contribution is 5.97. The lowest BCUT2D eigenvalue weighted by Gasteiger charge is -2.27. The molecule has 42 heavy (non-hydrogen) atoms. The highest BCUT2D eigenvalue weighted by atomic mass is 19.4. The van der Waals surface area contributed by atoms with Crippen LogP contribution in [0, 0.1) is 11.8 Å². The maximum atomic E-state index is 13.5. The molecule has 12 heteroatoms. The summed E-state index contributed by atoms with van der Waals surface area (Å²) in [5, 5.41) is 23.2. The highest BCUT2D eigenvalue weighted by Gasteiger charge is 2.31. The summed E-state index contributed by atoms with van der Waals surface area (Å²) < 4.78 is 45.5. The number of ether oxygens (including phenoxy) is 1. The Hall–Kier alpha value is -4.29. The molecule has 0 saturated heterocycles. The smallest absolute Gasteiger partial charge is 0.416 e. The molecular formula is C30H31F3N6O3. The summed E-state index contributed by atoms with van der Waals surface area (Å²) in [5.41, 5.74) is 4.23. The molecular weight excluding hydrogens is 549 g/mol. The minimum absolute atomic E-state index is 0.0819. The second-order valence-corrected chi connectivity index (χ2v) is 10.5. The molecule has 1 aliphatic carbocycles. The largest absolute Gasteiger partial charge is 0.508 e. The number of aliphatic hydroxyl groups is 1. The first-order valence-corrected chi connectivity index (χ1v) is 13.4. The van der Waals surface area contributed by atoms with Crippen LogP contribution < -0.4 is 10.9 Å². The van der Waals surface area contributed by atoms with Crippen molar-refractivity contribution in [3.8, 4) is 11.1 Å². The minimum Gasteiger partial charge on any atom is -0.508 e. The second-order valence-electron chi connectivity index (χ2n) is 10.5. The van der Waals surface area contributed by atoms with Gasteiger partial charge in [0.1, 0.15) is 11.5 Å². The molecule has 5 rings (SSSR count). The average Bonchev–Trinajstić information content (AvgIpc) is 3.38. The Morgan fingerprint density at radius 2 is 1.98 bits per heavy atom. The van der Waals surface area contributed by atoms with Crippen LogP contribution in [0.15, 0.2) is 82.9 Å². The first-order valence-electron chi connectivity index (χ1n) is 13.4. The van der Waals surface area contributed by atoms with Crippen LogP contribution in [0.5, 0.6) is 0 Å². The summed E-state index contributed by atoms with van der Waals surface area (Å²) in [5.74, 6) is -0.00922. The van der Waals surface area contributed by atoms with Gasteiger partial charge in [-0.1, -0.05) is 36.4 Å². The summed E-state index contributed by atoms with van der Waals surface area (Å²) in [6.07, 6.45) is 0.887. The normalized spacial score (nSPS) is 21.3. The summed E-state index contributed by atoms with van der Waals surface area (Å²) >= 11 is 0. The van der Waals surface area contributed by atoms with E-state index in [1.807, 2.05) is 13.0 Å². The molecule has 4 atom stereocenters. The van der Waals surface area contributed by atoms with E-state index in [-0.39, 0.29) is 35.9 Å². The number of carbonyl (C=O) groups is 1. The number of nitrogens with zero attached hydrogens (tertiary/aromatic N) is 4. The van der Waals surface area contributed by atoms with Gasteiger partial charge < -0.3 is 15.2 Å². The van der Waals surface area contributed by atoms with Crippen molar-refractivity contribution in [1.29, 1.82) is 0 Å². The lowest BCUT2D eigenvalue weighted by Crippen LogP contribution is -2.40. The second kappa shape index (κ2) is 11.9. The third-order valence-corrected chi connectivity index (χ3v) is 7.49. The van der Waals surface area contributed by atoms with Crippen LogP contribution in [0.2, 0.25) is 0 Å². The van der Waals surface area contributed by atoms with E-state index >= 15 is 0 Å². The van der Waals surface area contributed by atoms with Crippen molar-refractivity contribution >= 4 is 16.8 Å². The maximum Gasteiger partial charge on any atom is 0.416 e. The maximum absolute atomic E-state index is 13.5. The van der Waals surface area contributed by atoms with E-state index in [1.165, 1.54) is 6.07 Å². The Bertz CT molecular complexity index is 1570. The number of benzene rings is 2. The van der Waals surface area contributed by atoms with Gasteiger partial charge in [0.15, 0.2) is 6.17 Å². The number of allylic oxidation sites excluding steroid dienone is 3. The topological polar surface area (TPSA) is 111 Å². The predicted molar refractivity (Wildman–Crippen MR) is 151 cm³/mol. The van der Waals surface area contributed by atoms with Crippen LogP contribution in [-0.2, 0) is 10.9 Å². The van der Waals surface area contributed by atoms with Crippen molar-refractivity contribution in [3.63, 3.8) is 0 Å². The fraction of sp³-hybridized carbons (Fsp3) is 0.333. The fourth-order valence-corrected chi connectivity index (χ4v) is 5.29. The molecule has 3 unspecified atom stereocenters. The Kier molecular flexibility index (Phi) is 8.28. The molecule has 0 bridgehead atoms. The number of halogens is 3. The molecule has 3 N–H and O–H groups in total. The van der Waals surface area contributed by atoms with Crippen LogP contribution in [0.25, 0.3) is 22.0 Å². The standard InChI is InChI=1S/C30H31F3N6O3/c1-17-11-23(40)9-7-18(17)13-22(16-42-3)34-29(41)27-15-25(28-36-37-38-39(28)2)24-14-20(8-10-26(24)35-27)19-5-4-6-21(12-19)30(31,32)33/h4-12,14-15,17-18,22,28,40H,13,16H2,1-3H3,(H,34,41)(H,36,38)/t17?,18?,22-,28?/m0/s1. The van der Waals surface area contributed by atoms with Crippen molar-refractivity contribution < 1.29 is 27.8 Å². The van der Waals surface area contributed by atoms with Gasteiger partial charge in [0, 0.05) is 25.1 Å². The zero-order chi connectivity index (χ0) is 30.0. The summed E-state index contributed by atoms with van der Waals surface area (Å²) in [6, 6.07) is 11.6. The Morgan fingerprint density at radius 3 is 2.67 bits per heavy atom. The van der Waals surface area contributed by atoms with Gasteiger partial charge in [-0.3, -0.25) is 4.79 Å². The Morgan fingerprint density at radius 1 is 1.19 bits per heavy atom. The van der Waals surface area contributed by atoms with E-state index in [4.69, 9.17) is 4.74 Å². The lowest BCUT2D eigenvalue weighted by molar-refractivity contribution is -0.137. The monoisotopic (exact) mass is 580 g/mol. The SMILES string of the molecule is COC[C@H](CC1C=CC(O)=CC1C)NC(=O)c1cc(C2N=NNN2C)c2cc(-c3cccc(C(F)(F)F)c3)ccc2n1. The number of hydrogen-bond donors (Lipinski definition) is 3. The number of aliphatic hydroxyl groups excluding tert-OH is 1. The van der Waals surface area contributed by atoms with E-state index < -0.39 is 23.8 Å². The molecule has 9 nitrogen and oxygen atoms in total. The lowest BCUT2D eigenvalue weighted by atomic mass is 9.84. The van der Waals surface area contributed by atoms with Crippen molar-refractivity contribution in [2.24, 2.45) is 22.2 Å². The number of nitrogens with one attached hydrogen (secondary N) is 2. The van der Waals surface area contributed by atoms with Crippen molar-refractivity contribution in [1.82, 2.24) is 20.8 Å². The van der Waals surface area contributed by atoms with Gasteiger partial charge in [0.25, 0.3) is 5.91 Å². The molecule has 1 amide bonds. The number of methoxy groups -OCH3 is 1. The van der Waals surface area contributed by atoms with E-state index in [1.54, 1.807) is 61.7 Å². The third-order valence-electron chi connectivity index (χ3n) is 7.49. The average molecular weight is 581 g/mol. The number of hydrazine groups is 1. The van der Waals surface area contributed by atoms with Crippen LogP contribution in [0.1, 0.15) is 41.1 Å². The quantitative estimate of drug-likeness (QED) is 0.295. The van der Waals surface area contributed by atoms with E-state index in [9.17, 15) is 23.1 Å². The summed E-state index contributed by atoms with van der Waals surface area (Å²) in [4.78, 5) is 18.1. The number of fused-ring (bicyclic) bond motifs is 1. The molecule has 220 valence electrons. The molecule has 0 fully saturated rings. The fourth-order valence-electron chi connectivity index (χ4n) is 5.29. The first-order chi connectivity index (χ1) is 20.0. The van der Waals surface area contributed by atoms with Gasteiger partial charge >= 0.3 is 6.18 Å². The predicted octanol–water partition coefficient (Wildman–Crippen LogP) is 6.14. The number of amides is 1. The van der Waals surface area contributed by atoms with Crippen molar-refractivity contribution in [2.75, 3.05) is 20.8 Å². The van der Waals surface area contributed by atoms with Gasteiger partial charge in [-0.05, 0) is 71.9 Å². The zero-order valence-corrected chi connectivity index (χ0v) is 23.3. The van der Waals surface area contributed by atoms with Crippen LogP contribution in [-0.4, -0.2) is 47.8 Å². The number of rotatable bonds is 8. The van der Waals surface area contributed by atoms with Gasteiger partial charge in [0.2, 0.25) is 0 Å². The van der Waals surface area contributed by atoms with Gasteiger partial charge in [-0.2, -0.15) is 18.2 Å². The number of aromatic nitrogens is 1. The van der Waals surface area contributed by atoms with Gasteiger partial charge in [-0.25, -0.2) is 10.5 Å². The minimum atomic E-state index is -4.47. The molecule has 0 spiro atoms. The van der Waals surface area contributed by atoms with Gasteiger partial charge in [0.05, 0.1) is 23.7 Å². The molecule has 1 aliphatic heterocycles. The van der Waals surface area contributed by atoms with Gasteiger partial charge in [-0.15, -0.1) is 5.11 Å². The number of hydrogen-bond acceptors (Lipinski definition) is 8.